The minimum atomic E-state index is -1.02. The van der Waals surface area contributed by atoms with Gasteiger partial charge < -0.3 is 10.4 Å². The lowest BCUT2D eigenvalue weighted by Gasteiger charge is -2.12. The van der Waals surface area contributed by atoms with Gasteiger partial charge in [-0.05, 0) is 23.5 Å². The van der Waals surface area contributed by atoms with E-state index in [-0.39, 0.29) is 0 Å². The number of carbonyl (C=O) groups is 2. The van der Waals surface area contributed by atoms with Crippen LogP contribution < -0.4 is 5.32 Å². The van der Waals surface area contributed by atoms with Crippen LogP contribution in [0.25, 0.3) is 0 Å². The van der Waals surface area contributed by atoms with E-state index >= 15 is 0 Å². The number of carbonyl (C=O) groups excluding carboxylic acids is 1. The highest BCUT2D eigenvalue weighted by Gasteiger charge is 2.16. The summed E-state index contributed by atoms with van der Waals surface area (Å²) >= 11 is 0. The molecule has 4 nitrogen and oxygen atoms in total. The van der Waals surface area contributed by atoms with Crippen LogP contribution in [0.3, 0.4) is 0 Å². The highest BCUT2D eigenvalue weighted by molar-refractivity contribution is 5.76. The van der Waals surface area contributed by atoms with Crippen molar-refractivity contribution in [2.75, 3.05) is 0 Å². The standard InChI is InChI=1S/C14H19NO3/c1-10(2)7-11-3-5-12(6-4-11)8-13(14(17)18)15-9-16/h3-6,9-10,13H,7-8H2,1-2H3,(H,15,16)(H,17,18). The monoisotopic (exact) mass is 249 g/mol. The third-order valence-electron chi connectivity index (χ3n) is 2.67. The maximum absolute atomic E-state index is 10.9. The number of benzene rings is 1. The first-order valence-electron chi connectivity index (χ1n) is 6.03. The number of hydrogen-bond acceptors (Lipinski definition) is 2. The number of hydrogen-bond donors (Lipinski definition) is 2. The zero-order valence-electron chi connectivity index (χ0n) is 10.7. The van der Waals surface area contributed by atoms with E-state index in [1.165, 1.54) is 5.56 Å². The Morgan fingerprint density at radius 2 is 1.72 bits per heavy atom. The first-order valence-corrected chi connectivity index (χ1v) is 6.03. The molecule has 0 aliphatic carbocycles. The Bertz CT molecular complexity index is 398. The SMILES string of the molecule is CC(C)Cc1ccc(CC(NC=O)C(=O)O)cc1. The van der Waals surface area contributed by atoms with E-state index in [1.54, 1.807) is 0 Å². The molecule has 0 radical (unpaired) electrons. The van der Waals surface area contributed by atoms with Crippen LogP contribution in [0.4, 0.5) is 0 Å². The van der Waals surface area contributed by atoms with Crippen LogP contribution in [-0.4, -0.2) is 23.5 Å². The molecule has 0 spiro atoms. The van der Waals surface area contributed by atoms with E-state index in [0.717, 1.165) is 12.0 Å². The molecule has 1 amide bonds. The van der Waals surface area contributed by atoms with Crippen LogP contribution in [0.15, 0.2) is 24.3 Å². The second-order valence-corrected chi connectivity index (χ2v) is 4.79. The molecule has 0 saturated carbocycles. The van der Waals surface area contributed by atoms with Crippen LogP contribution in [0.5, 0.6) is 0 Å². The fraction of sp³-hybridized carbons (Fsp3) is 0.429. The van der Waals surface area contributed by atoms with Crippen molar-refractivity contribution in [2.45, 2.75) is 32.7 Å². The Kier molecular flexibility index (Phi) is 5.36. The van der Waals surface area contributed by atoms with Gasteiger partial charge in [-0.1, -0.05) is 38.1 Å². The molecule has 18 heavy (non-hydrogen) atoms. The number of nitrogens with one attached hydrogen (secondary N) is 1. The molecule has 0 bridgehead atoms. The lowest BCUT2D eigenvalue weighted by Crippen LogP contribution is -2.37. The van der Waals surface area contributed by atoms with Crippen LogP contribution in [-0.2, 0) is 22.4 Å². The molecule has 4 heteroatoms. The van der Waals surface area contributed by atoms with Gasteiger partial charge in [-0.3, -0.25) is 4.79 Å². The van der Waals surface area contributed by atoms with Crippen molar-refractivity contribution in [3.05, 3.63) is 35.4 Å². The van der Waals surface area contributed by atoms with Crippen molar-refractivity contribution in [3.63, 3.8) is 0 Å². The normalized spacial score (nSPS) is 12.2. The smallest absolute Gasteiger partial charge is 0.326 e. The fourth-order valence-corrected chi connectivity index (χ4v) is 1.82. The average molecular weight is 249 g/mol. The molecular formula is C14H19NO3. The zero-order valence-corrected chi connectivity index (χ0v) is 10.7. The molecule has 0 aliphatic rings. The molecule has 1 aromatic carbocycles. The van der Waals surface area contributed by atoms with Crippen molar-refractivity contribution in [1.82, 2.24) is 5.32 Å². The fourth-order valence-electron chi connectivity index (χ4n) is 1.82. The quantitative estimate of drug-likeness (QED) is 0.722. The summed E-state index contributed by atoms with van der Waals surface area (Å²) < 4.78 is 0. The maximum Gasteiger partial charge on any atom is 0.326 e. The highest BCUT2D eigenvalue weighted by atomic mass is 16.4. The third-order valence-corrected chi connectivity index (χ3v) is 2.67. The molecule has 0 fully saturated rings. The number of carboxylic acids is 1. The van der Waals surface area contributed by atoms with Crippen molar-refractivity contribution in [3.8, 4) is 0 Å². The van der Waals surface area contributed by atoms with Crippen molar-refractivity contribution < 1.29 is 14.7 Å². The first-order chi connectivity index (χ1) is 8.52. The van der Waals surface area contributed by atoms with Crippen LogP contribution in [0.1, 0.15) is 25.0 Å². The average Bonchev–Trinajstić information content (AvgIpc) is 2.30. The van der Waals surface area contributed by atoms with Gasteiger partial charge in [-0.25, -0.2) is 4.79 Å². The minimum Gasteiger partial charge on any atom is -0.480 e. The van der Waals surface area contributed by atoms with Crippen LogP contribution in [0.2, 0.25) is 0 Å². The van der Waals surface area contributed by atoms with Gasteiger partial charge in [0, 0.05) is 6.42 Å². The zero-order chi connectivity index (χ0) is 13.5. The molecule has 98 valence electrons. The summed E-state index contributed by atoms with van der Waals surface area (Å²) in [5, 5.41) is 11.2. The Balaban J connectivity index is 2.66. The molecule has 1 aromatic rings. The number of carboxylic acid groups (broad SMARTS) is 1. The maximum atomic E-state index is 10.9. The van der Waals surface area contributed by atoms with Gasteiger partial charge in [0.2, 0.25) is 6.41 Å². The Morgan fingerprint density at radius 3 is 2.11 bits per heavy atom. The summed E-state index contributed by atoms with van der Waals surface area (Å²) in [6.45, 7) is 4.31. The summed E-state index contributed by atoms with van der Waals surface area (Å²) in [5.74, 6) is -0.423. The molecule has 0 heterocycles. The summed E-state index contributed by atoms with van der Waals surface area (Å²) in [5.41, 5.74) is 2.15. The highest BCUT2D eigenvalue weighted by Crippen LogP contribution is 2.11. The number of amides is 1. The second kappa shape index (κ2) is 6.79. The van der Waals surface area contributed by atoms with Crippen LogP contribution in [0, 0.1) is 5.92 Å². The largest absolute Gasteiger partial charge is 0.480 e. The molecule has 0 aromatic heterocycles. The lowest BCUT2D eigenvalue weighted by atomic mass is 9.99. The van der Waals surface area contributed by atoms with Crippen molar-refractivity contribution in [1.29, 1.82) is 0 Å². The summed E-state index contributed by atoms with van der Waals surface area (Å²) in [4.78, 5) is 21.2. The molecule has 1 rings (SSSR count). The first kappa shape index (κ1) is 14.2. The van der Waals surface area contributed by atoms with E-state index in [1.807, 2.05) is 24.3 Å². The molecule has 2 N–H and O–H groups in total. The molecule has 1 unspecified atom stereocenters. The van der Waals surface area contributed by atoms with Crippen molar-refractivity contribution >= 4 is 12.4 Å². The van der Waals surface area contributed by atoms with Crippen molar-refractivity contribution in [2.24, 2.45) is 5.92 Å². The molecule has 0 aliphatic heterocycles. The minimum absolute atomic E-state index is 0.302. The second-order valence-electron chi connectivity index (χ2n) is 4.79. The van der Waals surface area contributed by atoms with Gasteiger partial charge in [0.1, 0.15) is 6.04 Å². The predicted molar refractivity (Wildman–Crippen MR) is 69.3 cm³/mol. The lowest BCUT2D eigenvalue weighted by molar-refractivity contribution is -0.140. The predicted octanol–water partition coefficient (Wildman–Crippen LogP) is 1.63. The van der Waals surface area contributed by atoms with Gasteiger partial charge in [-0.2, -0.15) is 0 Å². The third kappa shape index (κ3) is 4.57. The molecular weight excluding hydrogens is 230 g/mol. The van der Waals surface area contributed by atoms with Gasteiger partial charge in [0.15, 0.2) is 0 Å². The Morgan fingerprint density at radius 1 is 1.22 bits per heavy atom. The number of rotatable bonds is 7. The Hall–Kier alpha value is -1.84. The van der Waals surface area contributed by atoms with E-state index in [4.69, 9.17) is 5.11 Å². The molecule has 1 atom stereocenters. The van der Waals surface area contributed by atoms with E-state index in [2.05, 4.69) is 19.2 Å². The van der Waals surface area contributed by atoms with Crippen LogP contribution >= 0.6 is 0 Å². The van der Waals surface area contributed by atoms with E-state index in [9.17, 15) is 9.59 Å². The van der Waals surface area contributed by atoms with Gasteiger partial charge in [0.25, 0.3) is 0 Å². The topological polar surface area (TPSA) is 66.4 Å². The Labute approximate surface area is 107 Å². The summed E-state index contributed by atoms with van der Waals surface area (Å²) in [6.07, 6.45) is 1.73. The molecule has 0 saturated heterocycles. The van der Waals surface area contributed by atoms with E-state index < -0.39 is 12.0 Å². The van der Waals surface area contributed by atoms with Gasteiger partial charge >= 0.3 is 5.97 Å². The summed E-state index contributed by atoms with van der Waals surface area (Å²) in [7, 11) is 0. The van der Waals surface area contributed by atoms with E-state index in [0.29, 0.717) is 18.7 Å². The summed E-state index contributed by atoms with van der Waals surface area (Å²) in [6, 6.07) is 6.99. The number of aliphatic carboxylic acids is 1. The van der Waals surface area contributed by atoms with Gasteiger partial charge in [0.05, 0.1) is 0 Å². The van der Waals surface area contributed by atoms with Gasteiger partial charge in [-0.15, -0.1) is 0 Å².